The van der Waals surface area contributed by atoms with Crippen LogP contribution in [0.5, 0.6) is 11.5 Å². The monoisotopic (exact) mass is 398 g/mol. The number of β-amino-alcohol motifs (C(OH)–C–C–N with tert-alkyl or cyclic N) is 1. The van der Waals surface area contributed by atoms with Gasteiger partial charge in [-0.25, -0.2) is 0 Å². The van der Waals surface area contributed by atoms with E-state index in [0.29, 0.717) is 13.2 Å². The summed E-state index contributed by atoms with van der Waals surface area (Å²) in [5.74, 6) is 1.69. The summed E-state index contributed by atoms with van der Waals surface area (Å²) in [7, 11) is 1.68. The Balaban J connectivity index is 1.40. The molecule has 0 aromatic heterocycles. The van der Waals surface area contributed by atoms with Crippen molar-refractivity contribution in [3.63, 3.8) is 0 Å². The van der Waals surface area contributed by atoms with Crippen LogP contribution in [-0.2, 0) is 5.41 Å². The first-order valence-electron chi connectivity index (χ1n) is 10.4. The minimum Gasteiger partial charge on any atom is -0.497 e. The van der Waals surface area contributed by atoms with E-state index in [1.54, 1.807) is 7.11 Å². The number of ether oxygens (including phenoxy) is 2. The second-order valence-electron chi connectivity index (χ2n) is 8.72. The predicted octanol–water partition coefficient (Wildman–Crippen LogP) is 3.55. The van der Waals surface area contributed by atoms with Crippen LogP contribution in [0.3, 0.4) is 0 Å². The van der Waals surface area contributed by atoms with Gasteiger partial charge in [-0.3, -0.25) is 4.90 Å². The van der Waals surface area contributed by atoms with Crippen LogP contribution < -0.4 is 14.4 Å². The maximum atomic E-state index is 10.4. The van der Waals surface area contributed by atoms with Crippen LogP contribution in [0.25, 0.3) is 0 Å². The SMILES string of the molecule is COc1ccc(N2CCN(C[C@H](O)COc3ccc(C(C)(C)C)cc3)CC2)cc1. The summed E-state index contributed by atoms with van der Waals surface area (Å²) in [5.41, 5.74) is 2.62. The molecular weight excluding hydrogens is 364 g/mol. The van der Waals surface area contributed by atoms with Crippen molar-refractivity contribution in [2.75, 3.05) is 51.3 Å². The van der Waals surface area contributed by atoms with Gasteiger partial charge in [-0.05, 0) is 47.4 Å². The van der Waals surface area contributed by atoms with Gasteiger partial charge in [0.15, 0.2) is 0 Å². The lowest BCUT2D eigenvalue weighted by Crippen LogP contribution is -2.49. The second-order valence-corrected chi connectivity index (χ2v) is 8.72. The number of nitrogens with zero attached hydrogens (tertiary/aromatic N) is 2. The molecule has 158 valence electrons. The standard InChI is InChI=1S/C24H34N2O3/c1-24(2,3)19-5-9-23(10-6-19)29-18-21(27)17-25-13-15-26(16-14-25)20-7-11-22(28-4)12-8-20/h5-12,21,27H,13-18H2,1-4H3/t21-/m0/s1. The molecule has 0 amide bonds. The molecule has 5 nitrogen and oxygen atoms in total. The summed E-state index contributed by atoms with van der Waals surface area (Å²) >= 11 is 0. The minimum absolute atomic E-state index is 0.131. The molecule has 0 radical (unpaired) electrons. The van der Waals surface area contributed by atoms with Crippen LogP contribution in [0.15, 0.2) is 48.5 Å². The Hall–Kier alpha value is -2.24. The smallest absolute Gasteiger partial charge is 0.119 e. The Labute approximate surface area is 174 Å². The topological polar surface area (TPSA) is 45.2 Å². The summed E-state index contributed by atoms with van der Waals surface area (Å²) in [6.45, 7) is 11.3. The molecule has 2 aromatic carbocycles. The highest BCUT2D eigenvalue weighted by Gasteiger charge is 2.20. The number of anilines is 1. The summed E-state index contributed by atoms with van der Waals surface area (Å²) in [4.78, 5) is 4.67. The zero-order chi connectivity index (χ0) is 20.9. The number of aliphatic hydroxyl groups is 1. The first-order chi connectivity index (χ1) is 13.8. The second kappa shape index (κ2) is 9.51. The number of benzene rings is 2. The largest absolute Gasteiger partial charge is 0.497 e. The van der Waals surface area contributed by atoms with Gasteiger partial charge in [0, 0.05) is 38.4 Å². The van der Waals surface area contributed by atoms with Crippen LogP contribution in [0.1, 0.15) is 26.3 Å². The van der Waals surface area contributed by atoms with Crippen molar-refractivity contribution in [3.8, 4) is 11.5 Å². The van der Waals surface area contributed by atoms with Gasteiger partial charge in [-0.1, -0.05) is 32.9 Å². The van der Waals surface area contributed by atoms with Gasteiger partial charge in [0.2, 0.25) is 0 Å². The fourth-order valence-electron chi connectivity index (χ4n) is 3.58. The van der Waals surface area contributed by atoms with E-state index in [0.717, 1.165) is 37.7 Å². The summed E-state index contributed by atoms with van der Waals surface area (Å²) in [6.07, 6.45) is -0.496. The number of methoxy groups -OCH3 is 1. The van der Waals surface area contributed by atoms with Crippen molar-refractivity contribution in [1.29, 1.82) is 0 Å². The van der Waals surface area contributed by atoms with Crippen molar-refractivity contribution in [2.24, 2.45) is 0 Å². The molecule has 0 aliphatic carbocycles. The van der Waals surface area contributed by atoms with Crippen molar-refractivity contribution < 1.29 is 14.6 Å². The molecule has 1 saturated heterocycles. The van der Waals surface area contributed by atoms with Crippen LogP contribution in [0.4, 0.5) is 5.69 Å². The molecule has 1 N–H and O–H groups in total. The van der Waals surface area contributed by atoms with E-state index < -0.39 is 6.10 Å². The lowest BCUT2D eigenvalue weighted by molar-refractivity contribution is 0.0663. The lowest BCUT2D eigenvalue weighted by Gasteiger charge is -2.36. The molecule has 1 heterocycles. The average Bonchev–Trinajstić information content (AvgIpc) is 2.72. The van der Waals surface area contributed by atoms with Crippen LogP contribution in [0, 0.1) is 0 Å². The number of hydrogen-bond acceptors (Lipinski definition) is 5. The molecular formula is C24H34N2O3. The van der Waals surface area contributed by atoms with E-state index >= 15 is 0 Å². The minimum atomic E-state index is -0.496. The van der Waals surface area contributed by atoms with E-state index in [2.05, 4.69) is 54.8 Å². The Kier molecular flexibility index (Phi) is 7.04. The summed E-state index contributed by atoms with van der Waals surface area (Å²) in [5, 5.41) is 10.4. The van der Waals surface area contributed by atoms with E-state index in [9.17, 15) is 5.11 Å². The third kappa shape index (κ3) is 6.12. The molecule has 29 heavy (non-hydrogen) atoms. The molecule has 1 atom stereocenters. The molecule has 0 spiro atoms. The molecule has 0 saturated carbocycles. The van der Waals surface area contributed by atoms with Gasteiger partial charge >= 0.3 is 0 Å². The van der Waals surface area contributed by atoms with Crippen molar-refractivity contribution in [2.45, 2.75) is 32.3 Å². The quantitative estimate of drug-likeness (QED) is 0.773. The molecule has 3 rings (SSSR count). The van der Waals surface area contributed by atoms with Crippen molar-refractivity contribution in [3.05, 3.63) is 54.1 Å². The van der Waals surface area contributed by atoms with Crippen LogP contribution in [-0.4, -0.2) is 62.6 Å². The van der Waals surface area contributed by atoms with Gasteiger partial charge in [-0.15, -0.1) is 0 Å². The normalized spacial score (nSPS) is 16.5. The predicted molar refractivity (Wildman–Crippen MR) is 118 cm³/mol. The highest BCUT2D eigenvalue weighted by atomic mass is 16.5. The van der Waals surface area contributed by atoms with Gasteiger partial charge in [0.1, 0.15) is 24.2 Å². The Bertz CT molecular complexity index is 745. The third-order valence-corrected chi connectivity index (χ3v) is 5.44. The molecule has 1 fully saturated rings. The van der Waals surface area contributed by atoms with E-state index in [1.165, 1.54) is 11.3 Å². The highest BCUT2D eigenvalue weighted by Crippen LogP contribution is 2.24. The van der Waals surface area contributed by atoms with Crippen molar-refractivity contribution in [1.82, 2.24) is 4.90 Å². The number of hydrogen-bond donors (Lipinski definition) is 1. The zero-order valence-electron chi connectivity index (χ0n) is 18.1. The van der Waals surface area contributed by atoms with E-state index in [-0.39, 0.29) is 5.41 Å². The third-order valence-electron chi connectivity index (χ3n) is 5.44. The molecule has 0 bridgehead atoms. The lowest BCUT2D eigenvalue weighted by atomic mass is 9.87. The Morgan fingerprint density at radius 3 is 2.03 bits per heavy atom. The number of piperazine rings is 1. The van der Waals surface area contributed by atoms with Crippen LogP contribution in [0.2, 0.25) is 0 Å². The fourth-order valence-corrected chi connectivity index (χ4v) is 3.58. The maximum absolute atomic E-state index is 10.4. The Morgan fingerprint density at radius 1 is 0.897 bits per heavy atom. The Morgan fingerprint density at radius 2 is 1.48 bits per heavy atom. The first-order valence-corrected chi connectivity index (χ1v) is 10.4. The fraction of sp³-hybridized carbons (Fsp3) is 0.500. The zero-order valence-corrected chi connectivity index (χ0v) is 18.1. The van der Waals surface area contributed by atoms with E-state index in [1.807, 2.05) is 24.3 Å². The van der Waals surface area contributed by atoms with Gasteiger partial charge in [-0.2, -0.15) is 0 Å². The van der Waals surface area contributed by atoms with Gasteiger partial charge in [0.25, 0.3) is 0 Å². The number of aliphatic hydroxyl groups excluding tert-OH is 1. The molecule has 5 heteroatoms. The molecule has 0 unspecified atom stereocenters. The molecule has 2 aromatic rings. The highest BCUT2D eigenvalue weighted by molar-refractivity contribution is 5.49. The average molecular weight is 399 g/mol. The van der Waals surface area contributed by atoms with E-state index in [4.69, 9.17) is 9.47 Å². The van der Waals surface area contributed by atoms with Gasteiger partial charge < -0.3 is 19.5 Å². The molecule has 1 aliphatic rings. The van der Waals surface area contributed by atoms with Crippen molar-refractivity contribution >= 4 is 5.69 Å². The van der Waals surface area contributed by atoms with Crippen LogP contribution >= 0.6 is 0 Å². The molecule has 1 aliphatic heterocycles. The summed E-state index contributed by atoms with van der Waals surface area (Å²) in [6, 6.07) is 16.4. The first kappa shape index (κ1) is 21.5. The maximum Gasteiger partial charge on any atom is 0.119 e. The number of rotatable bonds is 7. The van der Waals surface area contributed by atoms with Gasteiger partial charge in [0.05, 0.1) is 7.11 Å². The summed E-state index contributed by atoms with van der Waals surface area (Å²) < 4.78 is 11.0.